The van der Waals surface area contributed by atoms with Crippen molar-refractivity contribution < 1.29 is 4.52 Å². The first-order chi connectivity index (χ1) is 6.83. The largest absolute Gasteiger partial charge is 0.356 e. The Hall–Kier alpha value is -1.83. The van der Waals surface area contributed by atoms with E-state index in [2.05, 4.69) is 36.3 Å². The number of hydrogen-bond donors (Lipinski definition) is 0. The van der Waals surface area contributed by atoms with Crippen LogP contribution in [0.4, 0.5) is 0 Å². The van der Waals surface area contributed by atoms with Gasteiger partial charge in [-0.1, -0.05) is 28.9 Å². The van der Waals surface area contributed by atoms with Gasteiger partial charge < -0.3 is 4.52 Å². The Labute approximate surface area is 81.1 Å². The van der Waals surface area contributed by atoms with Crippen LogP contribution in [0.25, 0.3) is 21.7 Å². The molecule has 0 aliphatic heterocycles. The smallest absolute Gasteiger partial charge is 0.167 e. The standard InChI is InChI=1S/C12H9NO/c1-8-2-3-9-6-12-11(7-13-14-12)5-10(9)4-8/h2-7H,1H3. The number of rotatable bonds is 0. The van der Waals surface area contributed by atoms with Gasteiger partial charge >= 0.3 is 0 Å². The van der Waals surface area contributed by atoms with E-state index in [1.165, 1.54) is 16.3 Å². The molecule has 1 heterocycles. The van der Waals surface area contributed by atoms with Crippen LogP contribution in [0.5, 0.6) is 0 Å². The fraction of sp³-hybridized carbons (Fsp3) is 0.0833. The monoisotopic (exact) mass is 183 g/mol. The molecule has 3 rings (SSSR count). The average Bonchev–Trinajstić information content (AvgIpc) is 2.61. The summed E-state index contributed by atoms with van der Waals surface area (Å²) < 4.78 is 5.11. The van der Waals surface area contributed by atoms with Gasteiger partial charge in [-0.2, -0.15) is 0 Å². The molecular formula is C12H9NO. The SMILES string of the molecule is Cc1ccc2cc3oncc3cc2c1. The van der Waals surface area contributed by atoms with E-state index < -0.39 is 0 Å². The highest BCUT2D eigenvalue weighted by Crippen LogP contribution is 2.23. The van der Waals surface area contributed by atoms with Gasteiger partial charge in [-0.3, -0.25) is 0 Å². The fourth-order valence-corrected chi connectivity index (χ4v) is 1.73. The molecule has 0 radical (unpaired) electrons. The Morgan fingerprint density at radius 1 is 1.00 bits per heavy atom. The summed E-state index contributed by atoms with van der Waals surface area (Å²) in [5.41, 5.74) is 2.12. The number of aryl methyl sites for hydroxylation is 1. The van der Waals surface area contributed by atoms with Gasteiger partial charge in [-0.25, -0.2) is 0 Å². The molecule has 2 nitrogen and oxygen atoms in total. The van der Waals surface area contributed by atoms with Gasteiger partial charge in [0.05, 0.1) is 6.20 Å². The van der Waals surface area contributed by atoms with Gasteiger partial charge in [0.25, 0.3) is 0 Å². The molecule has 2 heteroatoms. The number of benzene rings is 2. The molecule has 0 fully saturated rings. The van der Waals surface area contributed by atoms with Crippen molar-refractivity contribution in [3.63, 3.8) is 0 Å². The third-order valence-electron chi connectivity index (χ3n) is 2.47. The lowest BCUT2D eigenvalue weighted by molar-refractivity contribution is 0.456. The van der Waals surface area contributed by atoms with Gasteiger partial charge in [0.2, 0.25) is 0 Å². The molecule has 0 unspecified atom stereocenters. The van der Waals surface area contributed by atoms with E-state index in [4.69, 9.17) is 4.52 Å². The van der Waals surface area contributed by atoms with Crippen LogP contribution in [0.3, 0.4) is 0 Å². The predicted octanol–water partition coefficient (Wildman–Crippen LogP) is 3.29. The summed E-state index contributed by atoms with van der Waals surface area (Å²) in [6, 6.07) is 10.5. The first kappa shape index (κ1) is 7.56. The summed E-state index contributed by atoms with van der Waals surface area (Å²) in [5, 5.41) is 7.26. The molecule has 0 aliphatic rings. The molecule has 0 spiro atoms. The summed E-state index contributed by atoms with van der Waals surface area (Å²) in [6.45, 7) is 2.09. The van der Waals surface area contributed by atoms with E-state index in [1.54, 1.807) is 6.20 Å². The molecule has 1 aromatic heterocycles. The molecule has 68 valence electrons. The highest BCUT2D eigenvalue weighted by Gasteiger charge is 2.00. The first-order valence-corrected chi connectivity index (χ1v) is 4.58. The van der Waals surface area contributed by atoms with Crippen molar-refractivity contribution in [1.29, 1.82) is 0 Å². The molecule has 0 atom stereocenters. The molecule has 14 heavy (non-hydrogen) atoms. The Balaban J connectivity index is 2.50. The van der Waals surface area contributed by atoms with Gasteiger partial charge in [0.1, 0.15) is 0 Å². The van der Waals surface area contributed by atoms with E-state index in [0.29, 0.717) is 0 Å². The van der Waals surface area contributed by atoms with Crippen LogP contribution < -0.4 is 0 Å². The minimum absolute atomic E-state index is 0.848. The Morgan fingerprint density at radius 2 is 1.93 bits per heavy atom. The van der Waals surface area contributed by atoms with Crippen LogP contribution in [0.2, 0.25) is 0 Å². The fourth-order valence-electron chi connectivity index (χ4n) is 1.73. The highest BCUT2D eigenvalue weighted by atomic mass is 16.5. The van der Waals surface area contributed by atoms with Gasteiger partial charge in [-0.05, 0) is 29.8 Å². The lowest BCUT2D eigenvalue weighted by Crippen LogP contribution is -1.75. The topological polar surface area (TPSA) is 26.0 Å². The summed E-state index contributed by atoms with van der Waals surface area (Å²) in [6.07, 6.45) is 1.75. The van der Waals surface area contributed by atoms with Crippen molar-refractivity contribution in [3.8, 4) is 0 Å². The van der Waals surface area contributed by atoms with Gasteiger partial charge in [0, 0.05) is 5.39 Å². The summed E-state index contributed by atoms with van der Waals surface area (Å²) in [7, 11) is 0. The van der Waals surface area contributed by atoms with E-state index in [1.807, 2.05) is 6.07 Å². The first-order valence-electron chi connectivity index (χ1n) is 4.58. The zero-order valence-corrected chi connectivity index (χ0v) is 7.82. The molecule has 3 aromatic rings. The molecule has 0 N–H and O–H groups in total. The normalized spacial score (nSPS) is 11.2. The molecular weight excluding hydrogens is 174 g/mol. The highest BCUT2D eigenvalue weighted by molar-refractivity contribution is 5.95. The summed E-state index contributed by atoms with van der Waals surface area (Å²) in [5.74, 6) is 0. The Kier molecular flexibility index (Phi) is 1.39. The van der Waals surface area contributed by atoms with Crippen LogP contribution in [-0.2, 0) is 0 Å². The third kappa shape index (κ3) is 1.01. The zero-order chi connectivity index (χ0) is 9.54. The van der Waals surface area contributed by atoms with Crippen molar-refractivity contribution in [2.75, 3.05) is 0 Å². The minimum Gasteiger partial charge on any atom is -0.356 e. The second kappa shape index (κ2) is 2.58. The Bertz CT molecular complexity index is 610. The van der Waals surface area contributed by atoms with E-state index in [9.17, 15) is 0 Å². The van der Waals surface area contributed by atoms with E-state index in [-0.39, 0.29) is 0 Å². The molecule has 2 aromatic carbocycles. The van der Waals surface area contributed by atoms with Gasteiger partial charge in [-0.15, -0.1) is 0 Å². The van der Waals surface area contributed by atoms with Crippen LogP contribution >= 0.6 is 0 Å². The summed E-state index contributed by atoms with van der Waals surface area (Å²) in [4.78, 5) is 0. The molecule has 0 saturated carbocycles. The maximum atomic E-state index is 5.11. The van der Waals surface area contributed by atoms with Crippen LogP contribution in [0.15, 0.2) is 41.1 Å². The van der Waals surface area contributed by atoms with Crippen molar-refractivity contribution >= 4 is 21.7 Å². The van der Waals surface area contributed by atoms with Crippen molar-refractivity contribution in [2.24, 2.45) is 0 Å². The second-order valence-corrected chi connectivity index (χ2v) is 3.57. The number of fused-ring (bicyclic) bond motifs is 2. The van der Waals surface area contributed by atoms with Crippen molar-refractivity contribution in [1.82, 2.24) is 5.16 Å². The number of aromatic nitrogens is 1. The Morgan fingerprint density at radius 3 is 2.86 bits per heavy atom. The molecule has 0 aliphatic carbocycles. The van der Waals surface area contributed by atoms with Crippen molar-refractivity contribution in [3.05, 3.63) is 42.1 Å². The third-order valence-corrected chi connectivity index (χ3v) is 2.47. The van der Waals surface area contributed by atoms with Crippen LogP contribution in [0.1, 0.15) is 5.56 Å². The quantitative estimate of drug-likeness (QED) is 0.534. The minimum atomic E-state index is 0.848. The van der Waals surface area contributed by atoms with Crippen molar-refractivity contribution in [2.45, 2.75) is 6.92 Å². The van der Waals surface area contributed by atoms with Crippen LogP contribution in [-0.4, -0.2) is 5.16 Å². The predicted molar refractivity (Wildman–Crippen MR) is 56.3 cm³/mol. The van der Waals surface area contributed by atoms with Crippen LogP contribution in [0, 0.1) is 6.92 Å². The summed E-state index contributed by atoms with van der Waals surface area (Å²) >= 11 is 0. The second-order valence-electron chi connectivity index (χ2n) is 3.57. The van der Waals surface area contributed by atoms with Gasteiger partial charge in [0.15, 0.2) is 5.58 Å². The lowest BCUT2D eigenvalue weighted by Gasteiger charge is -1.98. The maximum Gasteiger partial charge on any atom is 0.167 e. The average molecular weight is 183 g/mol. The van der Waals surface area contributed by atoms with E-state index in [0.717, 1.165) is 11.0 Å². The van der Waals surface area contributed by atoms with E-state index >= 15 is 0 Å². The number of hydrogen-bond acceptors (Lipinski definition) is 2. The molecule has 0 amide bonds. The zero-order valence-electron chi connectivity index (χ0n) is 7.82. The molecule has 0 saturated heterocycles. The maximum absolute atomic E-state index is 5.11. The number of nitrogens with zero attached hydrogens (tertiary/aromatic N) is 1. The lowest BCUT2D eigenvalue weighted by atomic mass is 10.1. The molecule has 0 bridgehead atoms.